The van der Waals surface area contributed by atoms with Gasteiger partial charge in [-0.3, -0.25) is 4.79 Å². The van der Waals surface area contributed by atoms with Crippen LogP contribution in [0, 0.1) is 6.92 Å². The highest BCUT2D eigenvalue weighted by atomic mass is 79.9. The van der Waals surface area contributed by atoms with E-state index < -0.39 is 17.6 Å². The van der Waals surface area contributed by atoms with Crippen LogP contribution in [-0.2, 0) is 6.18 Å². The van der Waals surface area contributed by atoms with E-state index >= 15 is 0 Å². The second kappa shape index (κ2) is 6.95. The van der Waals surface area contributed by atoms with Gasteiger partial charge in [0.05, 0.1) is 11.3 Å². The van der Waals surface area contributed by atoms with Crippen molar-refractivity contribution in [2.24, 2.45) is 0 Å². The second-order valence-electron chi connectivity index (χ2n) is 5.60. The van der Waals surface area contributed by atoms with E-state index in [-0.39, 0.29) is 11.4 Å². The summed E-state index contributed by atoms with van der Waals surface area (Å²) >= 11 is 3.31. The molecule has 0 radical (unpaired) electrons. The van der Waals surface area contributed by atoms with Crippen LogP contribution < -0.4 is 5.32 Å². The van der Waals surface area contributed by atoms with Crippen molar-refractivity contribution in [3.05, 3.63) is 76.0 Å². The van der Waals surface area contributed by atoms with Gasteiger partial charge in [0.1, 0.15) is 0 Å². The standard InChI is InChI=1S/C18H13BrF3N3O/c1-11-8-16(17(26)23-14-6-3-5-13(19)10-14)24-25(11)15-7-2-4-12(9-15)18(20,21)22/h2-10H,1H3,(H,23,26). The van der Waals surface area contributed by atoms with Crippen molar-refractivity contribution < 1.29 is 18.0 Å². The predicted molar refractivity (Wildman–Crippen MR) is 95.4 cm³/mol. The van der Waals surface area contributed by atoms with Crippen LogP contribution in [0.5, 0.6) is 0 Å². The number of nitrogens with one attached hydrogen (secondary N) is 1. The highest BCUT2D eigenvalue weighted by molar-refractivity contribution is 9.10. The third-order valence-corrected chi connectivity index (χ3v) is 4.11. The third-order valence-electron chi connectivity index (χ3n) is 3.62. The van der Waals surface area contributed by atoms with E-state index in [1.807, 2.05) is 6.07 Å². The molecule has 8 heteroatoms. The van der Waals surface area contributed by atoms with Crippen LogP contribution in [0.4, 0.5) is 18.9 Å². The normalized spacial score (nSPS) is 11.4. The van der Waals surface area contributed by atoms with E-state index in [1.165, 1.54) is 22.9 Å². The number of hydrogen-bond donors (Lipinski definition) is 1. The average molecular weight is 424 g/mol. The molecule has 0 unspecified atom stereocenters. The first-order valence-electron chi connectivity index (χ1n) is 7.55. The van der Waals surface area contributed by atoms with Crippen LogP contribution in [-0.4, -0.2) is 15.7 Å². The molecule has 1 amide bonds. The van der Waals surface area contributed by atoms with Gasteiger partial charge in [0.15, 0.2) is 5.69 Å². The van der Waals surface area contributed by atoms with Crippen molar-refractivity contribution in [3.63, 3.8) is 0 Å². The minimum Gasteiger partial charge on any atom is -0.321 e. The Balaban J connectivity index is 1.89. The van der Waals surface area contributed by atoms with Crippen molar-refractivity contribution in [2.75, 3.05) is 5.32 Å². The third kappa shape index (κ3) is 3.96. The number of aryl methyl sites for hydroxylation is 1. The van der Waals surface area contributed by atoms with Gasteiger partial charge < -0.3 is 5.32 Å². The second-order valence-corrected chi connectivity index (χ2v) is 6.51. The zero-order valence-electron chi connectivity index (χ0n) is 13.5. The lowest BCUT2D eigenvalue weighted by Gasteiger charge is -2.09. The van der Waals surface area contributed by atoms with Crippen LogP contribution in [0.25, 0.3) is 5.69 Å². The Morgan fingerprint density at radius 1 is 1.12 bits per heavy atom. The van der Waals surface area contributed by atoms with Crippen molar-refractivity contribution >= 4 is 27.5 Å². The van der Waals surface area contributed by atoms with E-state index in [2.05, 4.69) is 26.3 Å². The zero-order valence-corrected chi connectivity index (χ0v) is 15.1. The van der Waals surface area contributed by atoms with Gasteiger partial charge in [-0.2, -0.15) is 18.3 Å². The molecule has 0 saturated carbocycles. The number of hydrogen-bond acceptors (Lipinski definition) is 2. The van der Waals surface area contributed by atoms with Gasteiger partial charge in [0.25, 0.3) is 5.91 Å². The van der Waals surface area contributed by atoms with E-state index in [0.717, 1.165) is 16.6 Å². The number of aromatic nitrogens is 2. The van der Waals surface area contributed by atoms with Gasteiger partial charge in [-0.25, -0.2) is 4.68 Å². The quantitative estimate of drug-likeness (QED) is 0.627. The molecule has 1 aromatic heterocycles. The number of nitrogens with zero attached hydrogens (tertiary/aromatic N) is 2. The largest absolute Gasteiger partial charge is 0.416 e. The molecule has 0 saturated heterocycles. The summed E-state index contributed by atoms with van der Waals surface area (Å²) in [6, 6.07) is 13.4. The van der Waals surface area contributed by atoms with E-state index in [1.54, 1.807) is 25.1 Å². The summed E-state index contributed by atoms with van der Waals surface area (Å²) in [5, 5.41) is 6.85. The first-order chi connectivity index (χ1) is 12.2. The van der Waals surface area contributed by atoms with Crippen LogP contribution >= 0.6 is 15.9 Å². The van der Waals surface area contributed by atoms with Crippen LogP contribution in [0.15, 0.2) is 59.1 Å². The van der Waals surface area contributed by atoms with Gasteiger partial charge in [-0.1, -0.05) is 28.1 Å². The van der Waals surface area contributed by atoms with Gasteiger partial charge in [-0.15, -0.1) is 0 Å². The number of halogens is 4. The first-order valence-corrected chi connectivity index (χ1v) is 8.34. The van der Waals surface area contributed by atoms with Gasteiger partial charge in [0, 0.05) is 15.9 Å². The number of alkyl halides is 3. The van der Waals surface area contributed by atoms with Crippen LogP contribution in [0.3, 0.4) is 0 Å². The molecule has 0 spiro atoms. The average Bonchev–Trinajstić information content (AvgIpc) is 2.96. The number of carbonyl (C=O) groups excluding carboxylic acids is 1. The van der Waals surface area contributed by atoms with Crippen LogP contribution in [0.2, 0.25) is 0 Å². The Hall–Kier alpha value is -2.61. The Bertz CT molecular complexity index is 966. The van der Waals surface area contributed by atoms with Crippen molar-refractivity contribution in [1.82, 2.24) is 9.78 Å². The molecule has 3 rings (SSSR count). The SMILES string of the molecule is Cc1cc(C(=O)Nc2cccc(Br)c2)nn1-c1cccc(C(F)(F)F)c1. The molecular formula is C18H13BrF3N3O. The summed E-state index contributed by atoms with van der Waals surface area (Å²) in [6.07, 6.45) is -4.45. The van der Waals surface area contributed by atoms with Crippen molar-refractivity contribution in [3.8, 4) is 5.69 Å². The molecule has 0 atom stereocenters. The van der Waals surface area contributed by atoms with Crippen molar-refractivity contribution in [2.45, 2.75) is 13.1 Å². The first kappa shape index (κ1) is 18.2. The molecule has 0 aliphatic heterocycles. The monoisotopic (exact) mass is 423 g/mol. The van der Waals surface area contributed by atoms with E-state index in [4.69, 9.17) is 0 Å². The van der Waals surface area contributed by atoms with Gasteiger partial charge in [0.2, 0.25) is 0 Å². The predicted octanol–water partition coefficient (Wildman–Crippen LogP) is 5.21. The maximum atomic E-state index is 12.9. The number of carbonyl (C=O) groups is 1. The molecule has 134 valence electrons. The summed E-state index contributed by atoms with van der Waals surface area (Å²) in [5.41, 5.74) is 0.697. The highest BCUT2D eigenvalue weighted by Crippen LogP contribution is 2.30. The summed E-state index contributed by atoms with van der Waals surface area (Å²) in [6.45, 7) is 1.67. The van der Waals surface area contributed by atoms with E-state index in [0.29, 0.717) is 11.4 Å². The lowest BCUT2D eigenvalue weighted by Crippen LogP contribution is -2.13. The van der Waals surface area contributed by atoms with Gasteiger partial charge >= 0.3 is 6.18 Å². The summed E-state index contributed by atoms with van der Waals surface area (Å²) in [7, 11) is 0. The van der Waals surface area contributed by atoms with E-state index in [9.17, 15) is 18.0 Å². The van der Waals surface area contributed by atoms with Crippen molar-refractivity contribution in [1.29, 1.82) is 0 Å². The fourth-order valence-electron chi connectivity index (χ4n) is 2.42. The maximum absolute atomic E-state index is 12.9. The minimum atomic E-state index is -4.45. The Labute approximate surface area is 155 Å². The van der Waals surface area contributed by atoms with Gasteiger partial charge in [-0.05, 0) is 49.4 Å². The zero-order chi connectivity index (χ0) is 18.9. The molecule has 0 aliphatic carbocycles. The molecule has 3 aromatic rings. The topological polar surface area (TPSA) is 46.9 Å². The number of anilines is 1. The smallest absolute Gasteiger partial charge is 0.321 e. The summed E-state index contributed by atoms with van der Waals surface area (Å²) in [4.78, 5) is 12.4. The minimum absolute atomic E-state index is 0.111. The molecule has 1 N–H and O–H groups in total. The molecule has 0 fully saturated rings. The molecule has 0 aliphatic rings. The number of benzene rings is 2. The lowest BCUT2D eigenvalue weighted by atomic mass is 10.2. The fourth-order valence-corrected chi connectivity index (χ4v) is 2.82. The van der Waals surface area contributed by atoms with Crippen LogP contribution in [0.1, 0.15) is 21.7 Å². The fraction of sp³-hybridized carbons (Fsp3) is 0.111. The maximum Gasteiger partial charge on any atom is 0.416 e. The number of rotatable bonds is 3. The summed E-state index contributed by atoms with van der Waals surface area (Å²) < 4.78 is 40.8. The Morgan fingerprint density at radius 3 is 2.54 bits per heavy atom. The number of amides is 1. The molecule has 26 heavy (non-hydrogen) atoms. The summed E-state index contributed by atoms with van der Waals surface area (Å²) in [5.74, 6) is -0.447. The molecule has 4 nitrogen and oxygen atoms in total. The molecule has 1 heterocycles. The lowest BCUT2D eigenvalue weighted by molar-refractivity contribution is -0.137. The molecule has 0 bridgehead atoms. The molecular weight excluding hydrogens is 411 g/mol. The highest BCUT2D eigenvalue weighted by Gasteiger charge is 2.30. The Morgan fingerprint density at radius 2 is 1.85 bits per heavy atom. The molecule has 2 aromatic carbocycles. The Kier molecular flexibility index (Phi) is 4.86.